The van der Waals surface area contributed by atoms with Gasteiger partial charge in [-0.05, 0) is 29.8 Å². The standard InChI is InChI=1S/C18H17FN2O2S2/c19-15-8-6-14(7-9-15)18-20-16-10-21(11-17(16)24-18)25(22,23)12-13-4-2-1-3-5-13/h1-9,16-17H,10-12H2. The van der Waals surface area contributed by atoms with Crippen molar-refractivity contribution in [2.24, 2.45) is 4.99 Å². The molecule has 0 bridgehead atoms. The van der Waals surface area contributed by atoms with Crippen molar-refractivity contribution in [3.8, 4) is 0 Å². The Bertz CT molecular complexity index is 898. The van der Waals surface area contributed by atoms with Gasteiger partial charge in [0.1, 0.15) is 5.82 Å². The Morgan fingerprint density at radius 1 is 1.08 bits per heavy atom. The number of fused-ring (bicyclic) bond motifs is 1. The van der Waals surface area contributed by atoms with Crippen molar-refractivity contribution in [3.05, 3.63) is 71.5 Å². The lowest BCUT2D eigenvalue weighted by molar-refractivity contribution is 0.472. The van der Waals surface area contributed by atoms with Crippen LogP contribution in [0.25, 0.3) is 0 Å². The Hall–Kier alpha value is -1.70. The monoisotopic (exact) mass is 376 g/mol. The van der Waals surface area contributed by atoms with E-state index in [1.165, 1.54) is 12.1 Å². The molecule has 2 aliphatic rings. The second-order valence-corrected chi connectivity index (χ2v) is 9.42. The van der Waals surface area contributed by atoms with E-state index < -0.39 is 10.0 Å². The smallest absolute Gasteiger partial charge is 0.218 e. The minimum atomic E-state index is -3.34. The minimum Gasteiger partial charge on any atom is -0.272 e. The molecule has 7 heteroatoms. The van der Waals surface area contributed by atoms with Crippen LogP contribution < -0.4 is 0 Å². The van der Waals surface area contributed by atoms with Crippen molar-refractivity contribution in [3.63, 3.8) is 0 Å². The summed E-state index contributed by atoms with van der Waals surface area (Å²) in [5.41, 5.74) is 1.68. The SMILES string of the molecule is O=S(=O)(Cc1ccccc1)N1CC2N=C(c3ccc(F)cc3)SC2C1. The molecule has 0 N–H and O–H groups in total. The molecule has 2 aromatic carbocycles. The van der Waals surface area contributed by atoms with Crippen LogP contribution in [0.3, 0.4) is 0 Å². The summed E-state index contributed by atoms with van der Waals surface area (Å²) < 4.78 is 39.9. The fourth-order valence-electron chi connectivity index (χ4n) is 3.13. The average Bonchev–Trinajstić information content (AvgIpc) is 3.15. The number of sulfonamides is 1. The summed E-state index contributed by atoms with van der Waals surface area (Å²) in [6.07, 6.45) is 0. The van der Waals surface area contributed by atoms with Gasteiger partial charge in [-0.2, -0.15) is 4.31 Å². The predicted molar refractivity (Wildman–Crippen MR) is 98.7 cm³/mol. The molecule has 1 fully saturated rings. The highest BCUT2D eigenvalue weighted by molar-refractivity contribution is 8.15. The lowest BCUT2D eigenvalue weighted by Gasteiger charge is -2.17. The second kappa shape index (κ2) is 6.55. The van der Waals surface area contributed by atoms with Crippen molar-refractivity contribution in [1.82, 2.24) is 4.31 Å². The maximum atomic E-state index is 13.0. The zero-order valence-corrected chi connectivity index (χ0v) is 15.0. The van der Waals surface area contributed by atoms with Crippen molar-refractivity contribution < 1.29 is 12.8 Å². The number of rotatable bonds is 4. The van der Waals surface area contributed by atoms with E-state index >= 15 is 0 Å². The van der Waals surface area contributed by atoms with E-state index in [2.05, 4.69) is 4.99 Å². The van der Waals surface area contributed by atoms with E-state index in [0.717, 1.165) is 16.2 Å². The molecule has 2 atom stereocenters. The molecule has 25 heavy (non-hydrogen) atoms. The van der Waals surface area contributed by atoms with E-state index in [-0.39, 0.29) is 22.9 Å². The molecule has 2 unspecified atom stereocenters. The van der Waals surface area contributed by atoms with Gasteiger partial charge in [0, 0.05) is 23.9 Å². The second-order valence-electron chi connectivity index (χ2n) is 6.22. The number of aliphatic imine (C=N–C) groups is 1. The van der Waals surface area contributed by atoms with E-state index in [4.69, 9.17) is 0 Å². The molecular formula is C18H17FN2O2S2. The van der Waals surface area contributed by atoms with Crippen molar-refractivity contribution in [2.45, 2.75) is 17.0 Å². The van der Waals surface area contributed by atoms with Crippen LogP contribution in [0.1, 0.15) is 11.1 Å². The van der Waals surface area contributed by atoms with Crippen LogP contribution >= 0.6 is 11.8 Å². The Labute approximate surface area is 150 Å². The quantitative estimate of drug-likeness (QED) is 0.824. The topological polar surface area (TPSA) is 49.7 Å². The van der Waals surface area contributed by atoms with Crippen LogP contribution in [0.15, 0.2) is 59.6 Å². The van der Waals surface area contributed by atoms with E-state index in [9.17, 15) is 12.8 Å². The molecule has 130 valence electrons. The number of benzene rings is 2. The molecule has 4 nitrogen and oxygen atoms in total. The van der Waals surface area contributed by atoms with Gasteiger partial charge in [-0.3, -0.25) is 4.99 Å². The Kier molecular flexibility index (Phi) is 4.39. The molecule has 2 aliphatic heterocycles. The molecule has 0 amide bonds. The van der Waals surface area contributed by atoms with Gasteiger partial charge in [-0.25, -0.2) is 12.8 Å². The Morgan fingerprint density at radius 2 is 1.80 bits per heavy atom. The average molecular weight is 376 g/mol. The Balaban J connectivity index is 1.47. The summed E-state index contributed by atoms with van der Waals surface area (Å²) in [5, 5.41) is 1.00. The summed E-state index contributed by atoms with van der Waals surface area (Å²) in [6, 6.07) is 15.5. The first-order valence-corrected chi connectivity index (χ1v) is 10.5. The van der Waals surface area contributed by atoms with Crippen LogP contribution in [0, 0.1) is 5.82 Å². The largest absolute Gasteiger partial charge is 0.272 e. The highest BCUT2D eigenvalue weighted by atomic mass is 32.2. The molecule has 0 radical (unpaired) electrons. The summed E-state index contributed by atoms with van der Waals surface area (Å²) in [6.45, 7) is 0.885. The van der Waals surface area contributed by atoms with E-state index in [0.29, 0.717) is 13.1 Å². The lowest BCUT2D eigenvalue weighted by atomic mass is 10.2. The van der Waals surface area contributed by atoms with Crippen LogP contribution in [0.4, 0.5) is 4.39 Å². The molecule has 4 rings (SSSR count). The van der Waals surface area contributed by atoms with Gasteiger partial charge in [0.25, 0.3) is 0 Å². The first kappa shape index (κ1) is 16.8. The summed E-state index contributed by atoms with van der Waals surface area (Å²) >= 11 is 1.59. The summed E-state index contributed by atoms with van der Waals surface area (Å²) in [5.74, 6) is -0.252. The van der Waals surface area contributed by atoms with Gasteiger partial charge in [0.2, 0.25) is 10.0 Å². The minimum absolute atomic E-state index is 0.0203. The third-order valence-electron chi connectivity index (χ3n) is 4.43. The summed E-state index contributed by atoms with van der Waals surface area (Å²) in [7, 11) is -3.34. The predicted octanol–water partition coefficient (Wildman–Crippen LogP) is 2.90. The zero-order valence-electron chi connectivity index (χ0n) is 13.4. The van der Waals surface area contributed by atoms with E-state index in [1.807, 2.05) is 30.3 Å². The number of hydrogen-bond donors (Lipinski definition) is 0. The number of hydrogen-bond acceptors (Lipinski definition) is 4. The highest BCUT2D eigenvalue weighted by Gasteiger charge is 2.43. The fraction of sp³-hybridized carbons (Fsp3) is 0.278. The lowest BCUT2D eigenvalue weighted by Crippen LogP contribution is -2.31. The van der Waals surface area contributed by atoms with Gasteiger partial charge in [-0.15, -0.1) is 0 Å². The first-order chi connectivity index (χ1) is 12.0. The van der Waals surface area contributed by atoms with Crippen LogP contribution in [-0.4, -0.2) is 42.1 Å². The van der Waals surface area contributed by atoms with Gasteiger partial charge in [0.15, 0.2) is 0 Å². The van der Waals surface area contributed by atoms with Crippen molar-refractivity contribution in [1.29, 1.82) is 0 Å². The molecule has 0 saturated carbocycles. The summed E-state index contributed by atoms with van der Waals surface area (Å²) in [4.78, 5) is 4.67. The van der Waals surface area contributed by atoms with Gasteiger partial charge >= 0.3 is 0 Å². The molecule has 1 saturated heterocycles. The van der Waals surface area contributed by atoms with Gasteiger partial charge in [0.05, 0.1) is 16.8 Å². The third kappa shape index (κ3) is 3.49. The van der Waals surface area contributed by atoms with Crippen molar-refractivity contribution >= 4 is 26.8 Å². The van der Waals surface area contributed by atoms with Gasteiger partial charge in [-0.1, -0.05) is 42.1 Å². The molecule has 0 aliphatic carbocycles. The van der Waals surface area contributed by atoms with Crippen LogP contribution in [0.2, 0.25) is 0 Å². The van der Waals surface area contributed by atoms with Crippen LogP contribution in [-0.2, 0) is 15.8 Å². The highest BCUT2D eigenvalue weighted by Crippen LogP contribution is 2.36. The molecule has 2 aromatic rings. The normalized spacial score (nSPS) is 23.5. The van der Waals surface area contributed by atoms with Crippen molar-refractivity contribution in [2.75, 3.05) is 13.1 Å². The van der Waals surface area contributed by atoms with E-state index in [1.54, 1.807) is 28.2 Å². The number of nitrogens with zero attached hydrogens (tertiary/aromatic N) is 2. The van der Waals surface area contributed by atoms with Crippen LogP contribution in [0.5, 0.6) is 0 Å². The first-order valence-electron chi connectivity index (χ1n) is 8.03. The zero-order chi connectivity index (χ0) is 17.4. The number of thioether (sulfide) groups is 1. The molecular weight excluding hydrogens is 359 g/mol. The van der Waals surface area contributed by atoms with Gasteiger partial charge < -0.3 is 0 Å². The maximum Gasteiger partial charge on any atom is 0.218 e. The Morgan fingerprint density at radius 3 is 2.48 bits per heavy atom. The molecule has 0 spiro atoms. The molecule has 0 aromatic heterocycles. The third-order valence-corrected chi connectivity index (χ3v) is 7.54. The number of halogens is 1. The fourth-order valence-corrected chi connectivity index (χ4v) is 6.10. The molecule has 2 heterocycles. The maximum absolute atomic E-state index is 13.0.